The summed E-state index contributed by atoms with van der Waals surface area (Å²) < 4.78 is 6.47. The van der Waals surface area contributed by atoms with Gasteiger partial charge in [0.25, 0.3) is 0 Å². The molecule has 1 atom stereocenters. The molecule has 1 fully saturated rings. The Morgan fingerprint density at radius 3 is 2.84 bits per heavy atom. The molecule has 0 unspecified atom stereocenters. The fraction of sp³-hybridized carbons (Fsp3) is 0.400. The van der Waals surface area contributed by atoms with Crippen molar-refractivity contribution in [3.05, 3.63) is 41.3 Å². The van der Waals surface area contributed by atoms with E-state index in [1.165, 1.54) is 11.1 Å². The first-order valence-electron chi connectivity index (χ1n) is 8.92. The smallest absolute Gasteiger partial charge is 0.178 e. The summed E-state index contributed by atoms with van der Waals surface area (Å²) in [4.78, 5) is 12.2. The third-order valence-corrected chi connectivity index (χ3v) is 4.76. The Kier molecular flexibility index (Phi) is 4.17. The number of benzene rings is 1. The van der Waals surface area contributed by atoms with Crippen molar-refractivity contribution in [1.82, 2.24) is 20.3 Å². The summed E-state index contributed by atoms with van der Waals surface area (Å²) in [6.45, 7) is 8.19. The maximum Gasteiger partial charge on any atom is 0.178 e. The van der Waals surface area contributed by atoms with Crippen LogP contribution >= 0.6 is 0 Å². The first-order valence-corrected chi connectivity index (χ1v) is 8.92. The number of nitrogens with one attached hydrogen (secondary N) is 2. The average Bonchev–Trinajstić information content (AvgIpc) is 2.98. The van der Waals surface area contributed by atoms with Crippen LogP contribution in [0.25, 0.3) is 22.3 Å². The number of aromatic nitrogens is 3. The van der Waals surface area contributed by atoms with E-state index in [9.17, 15) is 0 Å². The lowest BCUT2D eigenvalue weighted by molar-refractivity contribution is 0.167. The minimum atomic E-state index is 0.217. The van der Waals surface area contributed by atoms with Crippen LogP contribution in [0.2, 0.25) is 0 Å². The predicted molar refractivity (Wildman–Crippen MR) is 100 cm³/mol. The summed E-state index contributed by atoms with van der Waals surface area (Å²) in [6, 6.07) is 6.43. The zero-order valence-electron chi connectivity index (χ0n) is 15.0. The van der Waals surface area contributed by atoms with E-state index in [4.69, 9.17) is 4.74 Å². The van der Waals surface area contributed by atoms with Crippen LogP contribution in [0.15, 0.2) is 24.4 Å². The number of nitrogens with zero attached hydrogens (tertiary/aromatic N) is 2. The van der Waals surface area contributed by atoms with Gasteiger partial charge in [-0.1, -0.05) is 6.07 Å². The van der Waals surface area contributed by atoms with Crippen molar-refractivity contribution < 1.29 is 4.74 Å². The van der Waals surface area contributed by atoms with E-state index in [1.54, 1.807) is 0 Å². The van der Waals surface area contributed by atoms with E-state index in [2.05, 4.69) is 46.2 Å². The number of hydrogen-bond donors (Lipinski definition) is 2. The SMILES string of the molecule is Cc1cc(C)c(O[C@H]2CCCNC2)c(-c2ccnc3nc(C)[nH]c23)c1. The molecule has 1 aliphatic rings. The summed E-state index contributed by atoms with van der Waals surface area (Å²) in [6.07, 6.45) is 4.29. The van der Waals surface area contributed by atoms with Gasteiger partial charge < -0.3 is 15.0 Å². The maximum absolute atomic E-state index is 6.47. The Hall–Kier alpha value is -2.40. The molecule has 1 saturated heterocycles. The summed E-state index contributed by atoms with van der Waals surface area (Å²) in [5.41, 5.74) is 6.32. The summed E-state index contributed by atoms with van der Waals surface area (Å²) in [7, 11) is 0. The van der Waals surface area contributed by atoms with Gasteiger partial charge in [0.05, 0.1) is 5.52 Å². The molecule has 130 valence electrons. The highest BCUT2D eigenvalue weighted by Crippen LogP contribution is 2.38. The molecular formula is C20H24N4O. The molecule has 25 heavy (non-hydrogen) atoms. The van der Waals surface area contributed by atoms with Crippen LogP contribution in [-0.4, -0.2) is 34.1 Å². The summed E-state index contributed by atoms with van der Waals surface area (Å²) >= 11 is 0. The summed E-state index contributed by atoms with van der Waals surface area (Å²) in [5.74, 6) is 1.84. The third-order valence-electron chi connectivity index (χ3n) is 4.76. The van der Waals surface area contributed by atoms with E-state index in [1.807, 2.05) is 19.2 Å². The van der Waals surface area contributed by atoms with Crippen molar-refractivity contribution in [2.45, 2.75) is 39.7 Å². The van der Waals surface area contributed by atoms with E-state index in [0.29, 0.717) is 0 Å². The van der Waals surface area contributed by atoms with E-state index >= 15 is 0 Å². The molecule has 3 heterocycles. The van der Waals surface area contributed by atoms with Gasteiger partial charge in [-0.05, 0) is 63.4 Å². The molecule has 0 amide bonds. The predicted octanol–water partition coefficient (Wildman–Crippen LogP) is 3.68. The molecule has 5 nitrogen and oxygen atoms in total. The normalized spacial score (nSPS) is 17.8. The molecule has 0 bridgehead atoms. The number of piperidine rings is 1. The van der Waals surface area contributed by atoms with Crippen molar-refractivity contribution in [2.75, 3.05) is 13.1 Å². The van der Waals surface area contributed by atoms with E-state index < -0.39 is 0 Å². The van der Waals surface area contributed by atoms with Crippen molar-refractivity contribution in [3.63, 3.8) is 0 Å². The van der Waals surface area contributed by atoms with Crippen LogP contribution in [0.4, 0.5) is 0 Å². The molecule has 0 saturated carbocycles. The molecule has 3 aromatic rings. The fourth-order valence-electron chi connectivity index (χ4n) is 3.65. The van der Waals surface area contributed by atoms with Gasteiger partial charge in [0, 0.05) is 23.9 Å². The second-order valence-corrected chi connectivity index (χ2v) is 6.92. The average molecular weight is 336 g/mol. The Morgan fingerprint density at radius 2 is 2.04 bits per heavy atom. The second kappa shape index (κ2) is 6.48. The quantitative estimate of drug-likeness (QED) is 0.766. The Labute approximate surface area is 147 Å². The number of aromatic amines is 1. The van der Waals surface area contributed by atoms with Crippen LogP contribution < -0.4 is 10.1 Å². The van der Waals surface area contributed by atoms with Gasteiger partial charge in [0.2, 0.25) is 0 Å². The number of hydrogen-bond acceptors (Lipinski definition) is 4. The lowest BCUT2D eigenvalue weighted by Gasteiger charge is -2.26. The lowest BCUT2D eigenvalue weighted by Crippen LogP contribution is -2.37. The topological polar surface area (TPSA) is 62.8 Å². The highest BCUT2D eigenvalue weighted by Gasteiger charge is 2.20. The van der Waals surface area contributed by atoms with Crippen LogP contribution in [0.5, 0.6) is 5.75 Å². The van der Waals surface area contributed by atoms with Crippen LogP contribution in [0.1, 0.15) is 29.8 Å². The highest BCUT2D eigenvalue weighted by molar-refractivity contribution is 5.92. The van der Waals surface area contributed by atoms with Crippen molar-refractivity contribution >= 4 is 11.2 Å². The number of rotatable bonds is 3. The number of imidazole rings is 1. The minimum absolute atomic E-state index is 0.217. The van der Waals surface area contributed by atoms with Gasteiger partial charge in [0.1, 0.15) is 17.7 Å². The molecule has 0 radical (unpaired) electrons. The largest absolute Gasteiger partial charge is 0.488 e. The Balaban J connectivity index is 1.84. The molecule has 5 heteroatoms. The molecule has 2 N–H and O–H groups in total. The van der Waals surface area contributed by atoms with Crippen LogP contribution in [0, 0.1) is 20.8 Å². The molecule has 2 aromatic heterocycles. The van der Waals surface area contributed by atoms with Gasteiger partial charge in [0.15, 0.2) is 5.65 Å². The van der Waals surface area contributed by atoms with Crippen LogP contribution in [0.3, 0.4) is 0 Å². The second-order valence-electron chi connectivity index (χ2n) is 6.92. The zero-order valence-corrected chi connectivity index (χ0v) is 15.0. The monoisotopic (exact) mass is 336 g/mol. The number of aryl methyl sites for hydroxylation is 3. The van der Waals surface area contributed by atoms with E-state index in [-0.39, 0.29) is 6.10 Å². The van der Waals surface area contributed by atoms with Gasteiger partial charge in [-0.15, -0.1) is 0 Å². The molecule has 0 spiro atoms. The van der Waals surface area contributed by atoms with Gasteiger partial charge in [-0.2, -0.15) is 0 Å². The number of pyridine rings is 1. The summed E-state index contributed by atoms with van der Waals surface area (Å²) in [5, 5.41) is 3.43. The van der Waals surface area contributed by atoms with Crippen molar-refractivity contribution in [1.29, 1.82) is 0 Å². The fourth-order valence-corrected chi connectivity index (χ4v) is 3.65. The highest BCUT2D eigenvalue weighted by atomic mass is 16.5. The zero-order chi connectivity index (χ0) is 17.4. The Morgan fingerprint density at radius 1 is 1.16 bits per heavy atom. The maximum atomic E-state index is 6.47. The van der Waals surface area contributed by atoms with Gasteiger partial charge >= 0.3 is 0 Å². The van der Waals surface area contributed by atoms with Crippen molar-refractivity contribution in [2.24, 2.45) is 0 Å². The van der Waals surface area contributed by atoms with Gasteiger partial charge in [-0.3, -0.25) is 0 Å². The molecule has 1 aliphatic heterocycles. The Bertz CT molecular complexity index is 909. The lowest BCUT2D eigenvalue weighted by atomic mass is 9.98. The molecular weight excluding hydrogens is 312 g/mol. The molecule has 1 aromatic carbocycles. The first-order chi connectivity index (χ1) is 12.1. The standard InChI is InChI=1S/C20H24N4O/c1-12-9-13(2)19(25-15-5-4-7-21-11-15)17(10-12)16-6-8-22-20-18(16)23-14(3)24-20/h6,8-10,15,21H,4-5,7,11H2,1-3H3,(H,22,23,24)/t15-/m0/s1. The number of H-pyrrole nitrogens is 1. The van der Waals surface area contributed by atoms with E-state index in [0.717, 1.165) is 59.8 Å². The van der Waals surface area contributed by atoms with Crippen molar-refractivity contribution in [3.8, 4) is 16.9 Å². The minimum Gasteiger partial charge on any atom is -0.488 e. The van der Waals surface area contributed by atoms with Crippen LogP contribution in [-0.2, 0) is 0 Å². The molecule has 4 rings (SSSR count). The molecule has 0 aliphatic carbocycles. The van der Waals surface area contributed by atoms with Gasteiger partial charge in [-0.25, -0.2) is 9.97 Å². The number of ether oxygens (including phenoxy) is 1. The first kappa shape index (κ1) is 16.1. The number of fused-ring (bicyclic) bond motifs is 1. The third kappa shape index (κ3) is 3.12.